The summed E-state index contributed by atoms with van der Waals surface area (Å²) in [6, 6.07) is 8.07. The first-order valence-electron chi connectivity index (χ1n) is 7.38. The molecule has 0 spiro atoms. The number of anilines is 1. The molecule has 1 atom stereocenters. The van der Waals surface area contributed by atoms with Crippen LogP contribution < -0.4 is 10.2 Å². The predicted molar refractivity (Wildman–Crippen MR) is 84.9 cm³/mol. The molecule has 1 aromatic heterocycles. The van der Waals surface area contributed by atoms with E-state index in [1.807, 2.05) is 38.1 Å². The first kappa shape index (κ1) is 14.7. The number of fused-ring (bicyclic) bond motifs is 1. The summed E-state index contributed by atoms with van der Waals surface area (Å²) in [5.41, 5.74) is 0.0300. The summed E-state index contributed by atoms with van der Waals surface area (Å²) in [7, 11) is 1.62. The smallest absolute Gasteiger partial charge is 0.253 e. The van der Waals surface area contributed by atoms with Gasteiger partial charge in [-0.2, -0.15) is 5.10 Å². The van der Waals surface area contributed by atoms with Crippen LogP contribution in [-0.4, -0.2) is 48.4 Å². The minimum Gasteiger partial charge on any atom is -0.362 e. The molecular weight excluding hydrogens is 280 g/mol. The van der Waals surface area contributed by atoms with Crippen molar-refractivity contribution in [2.75, 3.05) is 31.6 Å². The Morgan fingerprint density at radius 2 is 2.05 bits per heavy atom. The molecule has 3 rings (SSSR count). The molecule has 116 valence electrons. The van der Waals surface area contributed by atoms with Gasteiger partial charge in [-0.05, 0) is 13.8 Å². The van der Waals surface area contributed by atoms with Crippen molar-refractivity contribution in [1.82, 2.24) is 15.5 Å². The van der Waals surface area contributed by atoms with E-state index < -0.39 is 5.60 Å². The number of carbonyl (C=O) groups is 1. The number of rotatable bonds is 2. The molecule has 1 fully saturated rings. The Kier molecular flexibility index (Phi) is 3.70. The molecule has 6 nitrogen and oxygen atoms in total. The van der Waals surface area contributed by atoms with Crippen molar-refractivity contribution in [2.24, 2.45) is 0 Å². The van der Waals surface area contributed by atoms with Crippen molar-refractivity contribution < 1.29 is 9.53 Å². The first-order chi connectivity index (χ1) is 10.5. The van der Waals surface area contributed by atoms with Crippen molar-refractivity contribution in [1.29, 1.82) is 0 Å². The van der Waals surface area contributed by atoms with Gasteiger partial charge in [0, 0.05) is 24.4 Å². The molecule has 1 aliphatic heterocycles. The lowest BCUT2D eigenvalue weighted by Gasteiger charge is -2.39. The Balaban J connectivity index is 2.01. The van der Waals surface area contributed by atoms with Crippen LogP contribution in [0.1, 0.15) is 12.6 Å². The van der Waals surface area contributed by atoms with Gasteiger partial charge in [0.2, 0.25) is 0 Å². The highest BCUT2D eigenvalue weighted by atomic mass is 16.5. The lowest BCUT2D eigenvalue weighted by molar-refractivity contribution is -0.145. The van der Waals surface area contributed by atoms with E-state index in [-0.39, 0.29) is 5.91 Å². The van der Waals surface area contributed by atoms with Gasteiger partial charge in [-0.15, -0.1) is 5.10 Å². The third kappa shape index (κ3) is 2.39. The highest BCUT2D eigenvalue weighted by molar-refractivity contribution is 5.94. The number of amides is 1. The van der Waals surface area contributed by atoms with Crippen LogP contribution in [0.25, 0.3) is 10.8 Å². The van der Waals surface area contributed by atoms with Gasteiger partial charge in [-0.3, -0.25) is 4.79 Å². The summed E-state index contributed by atoms with van der Waals surface area (Å²) in [6.45, 7) is 5.38. The van der Waals surface area contributed by atoms with E-state index in [2.05, 4.69) is 20.4 Å². The Morgan fingerprint density at radius 3 is 2.77 bits per heavy atom. The first-order valence-corrected chi connectivity index (χ1v) is 7.38. The standard InChI is InChI=1S/C16H20N4O2/c1-11-12-6-4-5-7-13(12)14(19-18-11)20-8-9-22-16(2,10-20)15(21)17-3/h4-7H,8-10H2,1-3H3,(H,17,21). The number of ether oxygens (including phenoxy) is 1. The van der Waals surface area contributed by atoms with Gasteiger partial charge < -0.3 is 15.0 Å². The second kappa shape index (κ2) is 5.53. The van der Waals surface area contributed by atoms with Crippen molar-refractivity contribution in [3.05, 3.63) is 30.0 Å². The molecule has 1 saturated heterocycles. The summed E-state index contributed by atoms with van der Waals surface area (Å²) in [6.07, 6.45) is 0. The fourth-order valence-electron chi connectivity index (χ4n) is 2.91. The number of hydrogen-bond donors (Lipinski definition) is 1. The van der Waals surface area contributed by atoms with Crippen molar-refractivity contribution in [2.45, 2.75) is 19.4 Å². The second-order valence-corrected chi connectivity index (χ2v) is 5.73. The summed E-state index contributed by atoms with van der Waals surface area (Å²) < 4.78 is 5.70. The molecule has 0 saturated carbocycles. The minimum atomic E-state index is -0.874. The molecule has 2 heterocycles. The lowest BCUT2D eigenvalue weighted by Crippen LogP contribution is -2.58. The number of carbonyl (C=O) groups excluding carboxylic acids is 1. The number of benzene rings is 1. The number of nitrogens with one attached hydrogen (secondary N) is 1. The zero-order valence-corrected chi connectivity index (χ0v) is 13.1. The molecule has 6 heteroatoms. The maximum atomic E-state index is 12.1. The van der Waals surface area contributed by atoms with Gasteiger partial charge in [0.05, 0.1) is 18.8 Å². The molecule has 1 aromatic carbocycles. The number of aromatic nitrogens is 2. The molecule has 0 bridgehead atoms. The van der Waals surface area contributed by atoms with E-state index >= 15 is 0 Å². The van der Waals surface area contributed by atoms with Crippen molar-refractivity contribution in [3.63, 3.8) is 0 Å². The van der Waals surface area contributed by atoms with Gasteiger partial charge >= 0.3 is 0 Å². The summed E-state index contributed by atoms with van der Waals surface area (Å²) in [5, 5.41) is 13.4. The Morgan fingerprint density at radius 1 is 1.32 bits per heavy atom. The quantitative estimate of drug-likeness (QED) is 0.905. The SMILES string of the molecule is CNC(=O)C1(C)CN(c2nnc(C)c3ccccc23)CCO1. The van der Waals surface area contributed by atoms with Gasteiger partial charge in [-0.25, -0.2) is 0 Å². The summed E-state index contributed by atoms with van der Waals surface area (Å²) in [5.74, 6) is 0.682. The van der Waals surface area contributed by atoms with Crippen LogP contribution in [0.3, 0.4) is 0 Å². The predicted octanol–water partition coefficient (Wildman–Crippen LogP) is 1.28. The third-order valence-corrected chi connectivity index (χ3v) is 4.13. The number of nitrogens with zero attached hydrogens (tertiary/aromatic N) is 3. The molecule has 22 heavy (non-hydrogen) atoms. The summed E-state index contributed by atoms with van der Waals surface area (Å²) >= 11 is 0. The van der Waals surface area contributed by atoms with Gasteiger partial charge in [-0.1, -0.05) is 24.3 Å². The molecule has 1 amide bonds. The number of morpholine rings is 1. The van der Waals surface area contributed by atoms with E-state index in [0.717, 1.165) is 22.3 Å². The van der Waals surface area contributed by atoms with E-state index in [9.17, 15) is 4.79 Å². The van der Waals surface area contributed by atoms with E-state index in [4.69, 9.17) is 4.74 Å². The van der Waals surface area contributed by atoms with Crippen molar-refractivity contribution in [3.8, 4) is 0 Å². The minimum absolute atomic E-state index is 0.124. The second-order valence-electron chi connectivity index (χ2n) is 5.73. The average molecular weight is 300 g/mol. The third-order valence-electron chi connectivity index (χ3n) is 4.13. The average Bonchev–Trinajstić information content (AvgIpc) is 2.54. The zero-order chi connectivity index (χ0) is 15.7. The monoisotopic (exact) mass is 300 g/mol. The Bertz CT molecular complexity index is 718. The fourth-order valence-corrected chi connectivity index (χ4v) is 2.91. The van der Waals surface area contributed by atoms with Gasteiger partial charge in [0.1, 0.15) is 0 Å². The maximum absolute atomic E-state index is 12.1. The highest BCUT2D eigenvalue weighted by Crippen LogP contribution is 2.29. The van der Waals surface area contributed by atoms with Crippen molar-refractivity contribution >= 4 is 22.5 Å². The van der Waals surface area contributed by atoms with Crippen LogP contribution in [0.2, 0.25) is 0 Å². The maximum Gasteiger partial charge on any atom is 0.253 e. The zero-order valence-electron chi connectivity index (χ0n) is 13.1. The molecule has 0 radical (unpaired) electrons. The van der Waals surface area contributed by atoms with E-state index in [1.165, 1.54) is 0 Å². The van der Waals surface area contributed by atoms with E-state index in [0.29, 0.717) is 19.7 Å². The van der Waals surface area contributed by atoms with Crippen LogP contribution >= 0.6 is 0 Å². The number of likely N-dealkylation sites (N-methyl/N-ethyl adjacent to an activating group) is 1. The van der Waals surface area contributed by atoms with Gasteiger partial charge in [0.25, 0.3) is 5.91 Å². The molecule has 0 aliphatic carbocycles. The number of aryl methyl sites for hydroxylation is 1. The van der Waals surface area contributed by atoms with Crippen LogP contribution in [0.4, 0.5) is 5.82 Å². The van der Waals surface area contributed by atoms with Crippen LogP contribution in [-0.2, 0) is 9.53 Å². The topological polar surface area (TPSA) is 67.4 Å². The lowest BCUT2D eigenvalue weighted by atomic mass is 10.0. The Labute approximate surface area is 129 Å². The van der Waals surface area contributed by atoms with Crippen LogP contribution in [0, 0.1) is 6.92 Å². The number of hydrogen-bond acceptors (Lipinski definition) is 5. The normalized spacial score (nSPS) is 21.9. The molecular formula is C16H20N4O2. The summed E-state index contributed by atoms with van der Waals surface area (Å²) in [4.78, 5) is 14.2. The van der Waals surface area contributed by atoms with Crippen LogP contribution in [0.5, 0.6) is 0 Å². The molecule has 1 N–H and O–H groups in total. The molecule has 1 unspecified atom stereocenters. The van der Waals surface area contributed by atoms with Crippen LogP contribution in [0.15, 0.2) is 24.3 Å². The fraction of sp³-hybridized carbons (Fsp3) is 0.438. The molecule has 2 aromatic rings. The molecule has 1 aliphatic rings. The Hall–Kier alpha value is -2.21. The van der Waals surface area contributed by atoms with E-state index in [1.54, 1.807) is 7.05 Å². The largest absolute Gasteiger partial charge is 0.362 e. The van der Waals surface area contributed by atoms with Gasteiger partial charge in [0.15, 0.2) is 11.4 Å². The highest BCUT2D eigenvalue weighted by Gasteiger charge is 2.39.